The summed E-state index contributed by atoms with van der Waals surface area (Å²) >= 11 is 1.58. The molecule has 2 aliphatic rings. The lowest BCUT2D eigenvalue weighted by atomic mass is 10.3. The first-order valence-corrected chi connectivity index (χ1v) is 8.23. The molecule has 0 aliphatic heterocycles. The van der Waals surface area contributed by atoms with Gasteiger partial charge in [-0.2, -0.15) is 0 Å². The number of hydrogen-bond donors (Lipinski definition) is 1. The molecule has 0 amide bonds. The molecule has 2 heterocycles. The van der Waals surface area contributed by atoms with E-state index in [1.165, 1.54) is 31.8 Å². The minimum absolute atomic E-state index is 0.590. The molecule has 6 heteroatoms. The van der Waals surface area contributed by atoms with Crippen LogP contribution < -0.4 is 4.90 Å². The van der Waals surface area contributed by atoms with Gasteiger partial charge in [0.15, 0.2) is 10.8 Å². The van der Waals surface area contributed by atoms with Crippen LogP contribution >= 0.6 is 11.3 Å². The number of hydrogen-bond acceptors (Lipinski definition) is 4. The Morgan fingerprint density at radius 2 is 2.29 bits per heavy atom. The van der Waals surface area contributed by atoms with Gasteiger partial charge >= 0.3 is 5.97 Å². The van der Waals surface area contributed by atoms with Crippen LogP contribution in [0.5, 0.6) is 0 Å². The standard InChI is InChI=1S/C15H17N3O2S/c19-13(20)6-5-12-14(16-15-17(12)7-8-21-15)18(11-3-4-11)9-10-1-2-10/h5-8,10-11H,1-4,9H2,(H,19,20). The molecule has 0 saturated heterocycles. The van der Waals surface area contributed by atoms with E-state index in [-0.39, 0.29) is 0 Å². The van der Waals surface area contributed by atoms with Crippen molar-refractivity contribution in [3.63, 3.8) is 0 Å². The minimum Gasteiger partial charge on any atom is -0.478 e. The van der Waals surface area contributed by atoms with Crippen molar-refractivity contribution < 1.29 is 9.90 Å². The fourth-order valence-corrected chi connectivity index (χ4v) is 3.40. The fraction of sp³-hybridized carbons (Fsp3) is 0.467. The predicted octanol–water partition coefficient (Wildman–Crippen LogP) is 2.87. The van der Waals surface area contributed by atoms with Crippen LogP contribution in [0.25, 0.3) is 11.0 Å². The molecule has 2 aromatic rings. The Bertz CT molecular complexity index is 710. The molecule has 0 bridgehead atoms. The highest BCUT2D eigenvalue weighted by atomic mass is 32.1. The summed E-state index contributed by atoms with van der Waals surface area (Å²) in [4.78, 5) is 18.9. The summed E-state index contributed by atoms with van der Waals surface area (Å²) in [5.74, 6) is 0.821. The van der Waals surface area contributed by atoms with Gasteiger partial charge < -0.3 is 10.0 Å². The molecule has 1 N–H and O–H groups in total. The maximum atomic E-state index is 10.9. The largest absolute Gasteiger partial charge is 0.478 e. The zero-order valence-electron chi connectivity index (χ0n) is 11.6. The van der Waals surface area contributed by atoms with E-state index in [9.17, 15) is 4.79 Å². The second kappa shape index (κ2) is 4.87. The van der Waals surface area contributed by atoms with Crippen LogP contribution in [0.3, 0.4) is 0 Å². The number of aliphatic carboxylic acids is 1. The van der Waals surface area contributed by atoms with E-state index in [1.54, 1.807) is 17.4 Å². The summed E-state index contributed by atoms with van der Waals surface area (Å²) < 4.78 is 1.99. The van der Waals surface area contributed by atoms with Crippen LogP contribution in [0.4, 0.5) is 5.82 Å². The molecule has 0 aromatic carbocycles. The number of aromatic nitrogens is 2. The van der Waals surface area contributed by atoms with Crippen molar-refractivity contribution in [2.24, 2.45) is 5.92 Å². The highest BCUT2D eigenvalue weighted by Crippen LogP contribution is 2.39. The molecule has 0 atom stereocenters. The molecular formula is C15H17N3O2S. The molecule has 2 fully saturated rings. The first kappa shape index (κ1) is 12.9. The average Bonchev–Trinajstić information content (AvgIpc) is 3.34. The third-order valence-corrected chi connectivity index (χ3v) is 4.83. The Balaban J connectivity index is 1.76. The van der Waals surface area contributed by atoms with Gasteiger partial charge in [0.25, 0.3) is 0 Å². The Hall–Kier alpha value is -1.82. The molecule has 2 aliphatic carbocycles. The van der Waals surface area contributed by atoms with E-state index in [1.807, 2.05) is 16.0 Å². The van der Waals surface area contributed by atoms with Gasteiger partial charge in [-0.05, 0) is 37.7 Å². The quantitative estimate of drug-likeness (QED) is 0.834. The van der Waals surface area contributed by atoms with E-state index in [4.69, 9.17) is 10.1 Å². The number of thiazole rings is 1. The van der Waals surface area contributed by atoms with Crippen molar-refractivity contribution in [1.29, 1.82) is 0 Å². The average molecular weight is 303 g/mol. The van der Waals surface area contributed by atoms with Crippen molar-refractivity contribution in [2.45, 2.75) is 31.7 Å². The van der Waals surface area contributed by atoms with Crippen LogP contribution in [0.2, 0.25) is 0 Å². The molecule has 110 valence electrons. The number of carboxylic acid groups (broad SMARTS) is 1. The van der Waals surface area contributed by atoms with Gasteiger partial charge in [0.1, 0.15) is 0 Å². The summed E-state index contributed by atoms with van der Waals surface area (Å²) in [6.07, 6.45) is 9.90. The normalized spacial score (nSPS) is 18.7. The summed E-state index contributed by atoms with van der Waals surface area (Å²) in [5, 5.41) is 10.9. The smallest absolute Gasteiger partial charge is 0.328 e. The zero-order chi connectivity index (χ0) is 14.4. The van der Waals surface area contributed by atoms with Gasteiger partial charge in [0, 0.05) is 30.2 Å². The second-order valence-electron chi connectivity index (χ2n) is 5.87. The number of rotatable bonds is 6. The Morgan fingerprint density at radius 1 is 1.48 bits per heavy atom. The van der Waals surface area contributed by atoms with Crippen LogP contribution in [-0.4, -0.2) is 33.0 Å². The van der Waals surface area contributed by atoms with E-state index < -0.39 is 5.97 Å². The summed E-state index contributed by atoms with van der Waals surface area (Å²) in [5.41, 5.74) is 0.890. The Morgan fingerprint density at radius 3 is 2.95 bits per heavy atom. The number of anilines is 1. The number of carboxylic acids is 1. The maximum absolute atomic E-state index is 10.9. The number of nitrogens with zero attached hydrogens (tertiary/aromatic N) is 3. The molecular weight excluding hydrogens is 286 g/mol. The van der Waals surface area contributed by atoms with Crippen molar-refractivity contribution >= 4 is 34.2 Å². The fourth-order valence-electron chi connectivity index (χ4n) is 2.68. The van der Waals surface area contributed by atoms with E-state index in [0.717, 1.165) is 28.9 Å². The lowest BCUT2D eigenvalue weighted by Gasteiger charge is -2.22. The van der Waals surface area contributed by atoms with Gasteiger partial charge in [-0.15, -0.1) is 11.3 Å². The SMILES string of the molecule is O=C(O)C=Cc1c(N(CC2CC2)C2CC2)nc2sccn12. The van der Waals surface area contributed by atoms with E-state index in [0.29, 0.717) is 6.04 Å². The number of imidazole rings is 1. The van der Waals surface area contributed by atoms with E-state index in [2.05, 4.69) is 4.90 Å². The number of carbonyl (C=O) groups is 1. The third-order valence-electron chi connectivity index (χ3n) is 4.07. The van der Waals surface area contributed by atoms with E-state index >= 15 is 0 Å². The third kappa shape index (κ3) is 2.55. The zero-order valence-corrected chi connectivity index (χ0v) is 12.4. The van der Waals surface area contributed by atoms with Crippen molar-refractivity contribution in [3.8, 4) is 0 Å². The van der Waals surface area contributed by atoms with Crippen LogP contribution in [0.15, 0.2) is 17.7 Å². The molecule has 0 unspecified atom stereocenters. The highest BCUT2D eigenvalue weighted by Gasteiger charge is 2.36. The first-order chi connectivity index (χ1) is 10.2. The molecule has 21 heavy (non-hydrogen) atoms. The minimum atomic E-state index is -0.925. The van der Waals surface area contributed by atoms with Crippen LogP contribution in [0, 0.1) is 5.92 Å². The monoisotopic (exact) mass is 303 g/mol. The van der Waals surface area contributed by atoms with Gasteiger partial charge in [-0.25, -0.2) is 9.78 Å². The topological polar surface area (TPSA) is 57.8 Å². The van der Waals surface area contributed by atoms with Crippen LogP contribution in [-0.2, 0) is 4.79 Å². The highest BCUT2D eigenvalue weighted by molar-refractivity contribution is 7.15. The van der Waals surface area contributed by atoms with Crippen molar-refractivity contribution in [3.05, 3.63) is 23.3 Å². The molecule has 0 spiro atoms. The molecule has 2 saturated carbocycles. The lowest BCUT2D eigenvalue weighted by molar-refractivity contribution is -0.131. The summed E-state index contributed by atoms with van der Waals surface area (Å²) in [7, 11) is 0. The molecule has 0 radical (unpaired) electrons. The van der Waals surface area contributed by atoms with Crippen LogP contribution in [0.1, 0.15) is 31.4 Å². The van der Waals surface area contributed by atoms with Gasteiger partial charge in [-0.1, -0.05) is 0 Å². The van der Waals surface area contributed by atoms with Crippen molar-refractivity contribution in [1.82, 2.24) is 9.38 Å². The predicted molar refractivity (Wildman–Crippen MR) is 82.8 cm³/mol. The van der Waals surface area contributed by atoms with Gasteiger partial charge in [0.05, 0.1) is 5.69 Å². The second-order valence-corrected chi connectivity index (χ2v) is 6.75. The maximum Gasteiger partial charge on any atom is 0.328 e. The Labute approximate surface area is 126 Å². The number of fused-ring (bicyclic) bond motifs is 1. The van der Waals surface area contributed by atoms with Crippen molar-refractivity contribution in [2.75, 3.05) is 11.4 Å². The Kier molecular flexibility index (Phi) is 2.99. The van der Waals surface area contributed by atoms with Gasteiger partial charge in [0.2, 0.25) is 0 Å². The molecule has 2 aromatic heterocycles. The molecule has 4 rings (SSSR count). The molecule has 5 nitrogen and oxygen atoms in total. The first-order valence-electron chi connectivity index (χ1n) is 7.35. The lowest BCUT2D eigenvalue weighted by Crippen LogP contribution is -2.29. The summed E-state index contributed by atoms with van der Waals surface area (Å²) in [6, 6.07) is 0.590. The van der Waals surface area contributed by atoms with Gasteiger partial charge in [-0.3, -0.25) is 4.40 Å². The summed E-state index contributed by atoms with van der Waals surface area (Å²) in [6.45, 7) is 1.06.